The molecule has 0 bridgehead atoms. The van der Waals surface area contributed by atoms with Crippen molar-refractivity contribution >= 4 is 23.2 Å². The Morgan fingerprint density at radius 3 is 2.13 bits per heavy atom. The van der Waals surface area contributed by atoms with E-state index in [1.807, 2.05) is 99.6 Å². The van der Waals surface area contributed by atoms with Crippen molar-refractivity contribution in [1.82, 2.24) is 5.43 Å². The number of nitrogens with zero attached hydrogens (tertiary/aromatic N) is 1. The first-order chi connectivity index (χ1) is 18.4. The molecule has 1 heterocycles. The van der Waals surface area contributed by atoms with E-state index in [2.05, 4.69) is 15.8 Å². The van der Waals surface area contributed by atoms with Gasteiger partial charge in [-0.25, -0.2) is 5.43 Å². The quantitative estimate of drug-likeness (QED) is 0.296. The molecule has 1 aromatic heterocycles. The number of carbonyl (C=O) groups excluding carboxylic acids is 2. The molecule has 5 rings (SSSR count). The number of carbonyl (C=O) groups is 2. The van der Waals surface area contributed by atoms with E-state index in [4.69, 9.17) is 4.42 Å². The van der Waals surface area contributed by atoms with E-state index in [0.29, 0.717) is 6.42 Å². The lowest BCUT2D eigenvalue weighted by molar-refractivity contribution is -0.121. The topological polar surface area (TPSA) is 83.7 Å². The Labute approximate surface area is 222 Å². The van der Waals surface area contributed by atoms with E-state index in [9.17, 15) is 9.59 Å². The van der Waals surface area contributed by atoms with Gasteiger partial charge in [0.15, 0.2) is 5.76 Å². The lowest BCUT2D eigenvalue weighted by Gasteiger charge is -2.18. The second kappa shape index (κ2) is 10.9. The first kappa shape index (κ1) is 25.2. The van der Waals surface area contributed by atoms with Crippen molar-refractivity contribution < 1.29 is 14.0 Å². The maximum atomic E-state index is 13.5. The number of hydrazone groups is 1. The van der Waals surface area contributed by atoms with Crippen molar-refractivity contribution in [2.75, 3.05) is 5.32 Å². The van der Waals surface area contributed by atoms with Crippen LogP contribution < -0.4 is 10.7 Å². The van der Waals surface area contributed by atoms with Crippen LogP contribution in [0.15, 0.2) is 88.4 Å². The summed E-state index contributed by atoms with van der Waals surface area (Å²) in [4.78, 5) is 26.6. The summed E-state index contributed by atoms with van der Waals surface area (Å²) in [6.07, 6.45) is 2.23. The molecule has 1 aliphatic carbocycles. The van der Waals surface area contributed by atoms with Gasteiger partial charge in [-0.05, 0) is 61.9 Å². The van der Waals surface area contributed by atoms with Gasteiger partial charge in [-0.15, -0.1) is 0 Å². The molecule has 0 spiro atoms. The van der Waals surface area contributed by atoms with E-state index >= 15 is 0 Å². The van der Waals surface area contributed by atoms with Gasteiger partial charge < -0.3 is 9.73 Å². The third-order valence-electron chi connectivity index (χ3n) is 7.21. The summed E-state index contributed by atoms with van der Waals surface area (Å²) >= 11 is 0. The van der Waals surface area contributed by atoms with Gasteiger partial charge in [0.25, 0.3) is 11.8 Å². The molecule has 38 heavy (non-hydrogen) atoms. The number of hydrogen-bond donors (Lipinski definition) is 2. The largest absolute Gasteiger partial charge is 0.455 e. The van der Waals surface area contributed by atoms with Crippen LogP contribution >= 0.6 is 0 Å². The number of furan rings is 1. The Morgan fingerprint density at radius 1 is 0.816 bits per heavy atom. The number of nitrogens with one attached hydrogen (secondary N) is 2. The van der Waals surface area contributed by atoms with Crippen LogP contribution in [0.5, 0.6) is 0 Å². The van der Waals surface area contributed by atoms with Gasteiger partial charge in [-0.2, -0.15) is 5.10 Å². The molecule has 0 atom stereocenters. The molecule has 0 saturated heterocycles. The Kier molecular flexibility index (Phi) is 7.22. The normalized spacial score (nSPS) is 13.8. The summed E-state index contributed by atoms with van der Waals surface area (Å²) in [5, 5.41) is 7.56. The van der Waals surface area contributed by atoms with Gasteiger partial charge in [0.05, 0.1) is 11.6 Å². The molecule has 4 aromatic rings. The highest BCUT2D eigenvalue weighted by atomic mass is 16.4. The zero-order chi connectivity index (χ0) is 26.6. The second-order valence-corrected chi connectivity index (χ2v) is 9.70. The summed E-state index contributed by atoms with van der Waals surface area (Å²) in [6.45, 7) is 5.87. The van der Waals surface area contributed by atoms with Crippen molar-refractivity contribution in [1.29, 1.82) is 0 Å². The summed E-state index contributed by atoms with van der Waals surface area (Å²) in [7, 11) is 0. The molecular formula is C32H31N3O3. The van der Waals surface area contributed by atoms with Gasteiger partial charge in [0, 0.05) is 23.2 Å². The molecule has 1 aliphatic rings. The Morgan fingerprint density at radius 2 is 1.47 bits per heavy atom. The van der Waals surface area contributed by atoms with E-state index in [1.165, 1.54) is 0 Å². The van der Waals surface area contributed by atoms with E-state index in [0.717, 1.165) is 63.4 Å². The fourth-order valence-electron chi connectivity index (χ4n) is 5.04. The highest BCUT2D eigenvalue weighted by Crippen LogP contribution is 2.31. The average molecular weight is 506 g/mol. The van der Waals surface area contributed by atoms with Gasteiger partial charge in [-0.3, -0.25) is 9.59 Å². The number of fused-ring (bicyclic) bond motifs is 1. The second-order valence-electron chi connectivity index (χ2n) is 9.70. The van der Waals surface area contributed by atoms with Crippen LogP contribution in [0, 0.1) is 20.8 Å². The van der Waals surface area contributed by atoms with E-state index in [1.54, 1.807) is 0 Å². The minimum atomic E-state index is -0.492. The summed E-state index contributed by atoms with van der Waals surface area (Å²) in [5.41, 5.74) is 9.77. The van der Waals surface area contributed by atoms with Crippen LogP contribution in [0.4, 0.5) is 5.69 Å². The molecule has 6 nitrogen and oxygen atoms in total. The molecular weight excluding hydrogens is 474 g/mol. The molecule has 0 unspecified atom stereocenters. The number of rotatable bonds is 6. The van der Waals surface area contributed by atoms with Crippen LogP contribution in [-0.2, 0) is 11.2 Å². The lowest BCUT2D eigenvalue weighted by atomic mass is 9.90. The maximum Gasteiger partial charge on any atom is 0.291 e. The molecule has 0 radical (unpaired) electrons. The van der Waals surface area contributed by atoms with E-state index in [-0.39, 0.29) is 17.6 Å². The first-order valence-corrected chi connectivity index (χ1v) is 12.9. The zero-order valence-corrected chi connectivity index (χ0v) is 21.9. The monoisotopic (exact) mass is 505 g/mol. The predicted octanol–water partition coefficient (Wildman–Crippen LogP) is 6.45. The number of aryl methyl sites for hydroxylation is 2. The molecule has 0 fully saturated rings. The lowest BCUT2D eigenvalue weighted by Crippen LogP contribution is -2.28. The summed E-state index contributed by atoms with van der Waals surface area (Å²) in [6, 6.07) is 25.2. The van der Waals surface area contributed by atoms with Crippen molar-refractivity contribution in [3.63, 3.8) is 0 Å². The SMILES string of the molecule is Cc1cccc(NC(=O)c2oc3c(c2C)/C(=N/NC(=O)C(c2ccccc2)c2ccccc2)CCC3)c1C. The highest BCUT2D eigenvalue weighted by molar-refractivity contribution is 6.09. The van der Waals surface area contributed by atoms with Gasteiger partial charge in [0.2, 0.25) is 0 Å². The van der Waals surface area contributed by atoms with E-state index < -0.39 is 5.92 Å². The minimum Gasteiger partial charge on any atom is -0.455 e. The molecule has 6 heteroatoms. The minimum absolute atomic E-state index is 0.212. The van der Waals surface area contributed by atoms with Gasteiger partial charge >= 0.3 is 0 Å². The molecule has 3 aromatic carbocycles. The molecule has 0 saturated carbocycles. The van der Waals surface area contributed by atoms with Crippen molar-refractivity contribution in [2.24, 2.45) is 5.10 Å². The van der Waals surface area contributed by atoms with Crippen molar-refractivity contribution in [3.8, 4) is 0 Å². The smallest absolute Gasteiger partial charge is 0.291 e. The average Bonchev–Trinajstić information content (AvgIpc) is 3.28. The standard InChI is InChI=1S/C32H31N3O3/c1-20-12-10-17-25(21(20)2)33-32(37)30-22(3)28-26(18-11-19-27(28)38-30)34-35-31(36)29(23-13-6-4-7-14-23)24-15-8-5-9-16-24/h4-10,12-17,29H,11,18-19H2,1-3H3,(H,33,37)(H,35,36)/b34-26+. The predicted molar refractivity (Wildman–Crippen MR) is 150 cm³/mol. The molecule has 2 amide bonds. The first-order valence-electron chi connectivity index (χ1n) is 12.9. The number of anilines is 1. The van der Waals surface area contributed by atoms with Crippen LogP contribution in [0.25, 0.3) is 0 Å². The van der Waals surface area contributed by atoms with Crippen molar-refractivity contribution in [2.45, 2.75) is 46.0 Å². The third-order valence-corrected chi connectivity index (χ3v) is 7.21. The molecule has 192 valence electrons. The van der Waals surface area contributed by atoms with Gasteiger partial charge in [-0.1, -0.05) is 72.8 Å². The maximum absolute atomic E-state index is 13.5. The Hall–Kier alpha value is -4.45. The number of hydrogen-bond acceptors (Lipinski definition) is 4. The zero-order valence-electron chi connectivity index (χ0n) is 21.9. The van der Waals surface area contributed by atoms with Crippen LogP contribution in [0.2, 0.25) is 0 Å². The Balaban J connectivity index is 1.41. The van der Waals surface area contributed by atoms with Gasteiger partial charge in [0.1, 0.15) is 5.76 Å². The fraction of sp³-hybridized carbons (Fsp3) is 0.219. The molecule has 0 aliphatic heterocycles. The number of amides is 2. The molecule has 2 N–H and O–H groups in total. The Bertz CT molecular complexity index is 1460. The summed E-state index contributed by atoms with van der Waals surface area (Å²) in [5.74, 6) is 0.0197. The van der Waals surface area contributed by atoms with Crippen LogP contribution in [0.3, 0.4) is 0 Å². The van der Waals surface area contributed by atoms with Crippen LogP contribution in [0.1, 0.15) is 68.5 Å². The fourth-order valence-corrected chi connectivity index (χ4v) is 5.04. The highest BCUT2D eigenvalue weighted by Gasteiger charge is 2.29. The number of benzene rings is 3. The summed E-state index contributed by atoms with van der Waals surface area (Å²) < 4.78 is 6.06. The van der Waals surface area contributed by atoms with Crippen LogP contribution in [-0.4, -0.2) is 17.5 Å². The van der Waals surface area contributed by atoms with Crippen molar-refractivity contribution in [3.05, 3.63) is 124 Å². The third kappa shape index (κ3) is 5.02.